The molecule has 0 aliphatic heterocycles. The molecule has 0 unspecified atom stereocenters. The molecule has 0 saturated carbocycles. The van der Waals surface area contributed by atoms with Crippen LogP contribution in [0.5, 0.6) is 0 Å². The van der Waals surface area contributed by atoms with Gasteiger partial charge in [0.2, 0.25) is 0 Å². The minimum atomic E-state index is 0.109. The fourth-order valence-electron chi connectivity index (χ4n) is 12.7. The van der Waals surface area contributed by atoms with Crippen molar-refractivity contribution in [1.82, 2.24) is 29.9 Å². The molecule has 3 aromatic heterocycles. The highest BCUT2D eigenvalue weighted by molar-refractivity contribution is 5.79. The zero-order valence-electron chi connectivity index (χ0n) is 60.8. The monoisotopic (exact) mass is 1370 g/mol. The summed E-state index contributed by atoms with van der Waals surface area (Å²) in [4.78, 5) is 29.6. The molecule has 15 rings (SSSR count). The van der Waals surface area contributed by atoms with E-state index in [4.69, 9.17) is 29.9 Å². The summed E-state index contributed by atoms with van der Waals surface area (Å²) in [6, 6.07) is 116. The SMILES string of the molecule is C=Cc1ccc(-c2ccc(-c3cc(-c4ccc(C(C)(C)C)cc4)nc(-c4ccccc4)n3)cc2)cc1.C=Cc1ccc(-c2ccc(-c3cc(-c4ccc(CCCCCC)cc4)nc(-c4ccccc4)n3)cc2)cc1.C=Cc1ccc(-c2ccc(-c3cc(-c4ccccc4)nc(-c4ccccc4)n3)cc2)cc1. The Balaban J connectivity index is 0.000000141. The van der Waals surface area contributed by atoms with Crippen molar-refractivity contribution >= 4 is 18.2 Å². The average Bonchev–Trinajstić information content (AvgIpc) is 0.806. The van der Waals surface area contributed by atoms with Gasteiger partial charge < -0.3 is 0 Å². The quantitative estimate of drug-likeness (QED) is 0.0708. The van der Waals surface area contributed by atoms with Crippen LogP contribution in [0, 0.1) is 0 Å². The van der Waals surface area contributed by atoms with Crippen LogP contribution in [0.1, 0.15) is 81.2 Å². The van der Waals surface area contributed by atoms with Crippen molar-refractivity contribution in [1.29, 1.82) is 0 Å². The third-order valence-corrected chi connectivity index (χ3v) is 18.9. The molecule has 0 radical (unpaired) electrons. The first-order chi connectivity index (χ1) is 51.9. The lowest BCUT2D eigenvalue weighted by Crippen LogP contribution is -2.10. The predicted molar refractivity (Wildman–Crippen MR) is 448 cm³/mol. The Kier molecular flexibility index (Phi) is 23.2. The van der Waals surface area contributed by atoms with E-state index >= 15 is 0 Å². The van der Waals surface area contributed by atoms with Gasteiger partial charge in [0.15, 0.2) is 17.5 Å². The summed E-state index contributed by atoms with van der Waals surface area (Å²) < 4.78 is 0. The maximum absolute atomic E-state index is 4.98. The fourth-order valence-corrected chi connectivity index (χ4v) is 12.7. The lowest BCUT2D eigenvalue weighted by molar-refractivity contribution is 0.590. The predicted octanol–water partition coefficient (Wildman–Crippen LogP) is 26.8. The molecule has 0 aliphatic carbocycles. The van der Waals surface area contributed by atoms with Crippen LogP contribution in [0.2, 0.25) is 0 Å². The molecule has 0 fully saturated rings. The minimum absolute atomic E-state index is 0.109. The topological polar surface area (TPSA) is 77.3 Å². The van der Waals surface area contributed by atoms with E-state index in [1.165, 1.54) is 70.2 Å². The summed E-state index contributed by atoms with van der Waals surface area (Å²) in [5.74, 6) is 2.20. The van der Waals surface area contributed by atoms with Crippen LogP contribution in [-0.4, -0.2) is 29.9 Å². The average molecular weight is 1370 g/mol. The largest absolute Gasteiger partial charge is 0.228 e. The number of benzene rings is 12. The lowest BCUT2D eigenvalue weighted by atomic mass is 9.86. The number of rotatable bonds is 20. The summed E-state index contributed by atoms with van der Waals surface area (Å²) in [5, 5.41) is 0. The van der Waals surface area contributed by atoms with Gasteiger partial charge in [-0.1, -0.05) is 400 Å². The second kappa shape index (κ2) is 34.4. The zero-order valence-corrected chi connectivity index (χ0v) is 60.8. The Morgan fingerprint density at radius 1 is 0.245 bits per heavy atom. The summed E-state index contributed by atoms with van der Waals surface area (Å²) in [7, 11) is 0. The summed E-state index contributed by atoms with van der Waals surface area (Å²) >= 11 is 0. The van der Waals surface area contributed by atoms with E-state index in [1.54, 1.807) is 0 Å². The Labute approximate surface area is 625 Å². The van der Waals surface area contributed by atoms with E-state index in [0.29, 0.717) is 0 Å². The number of hydrogen-bond acceptors (Lipinski definition) is 6. The van der Waals surface area contributed by atoms with Crippen molar-refractivity contribution in [2.24, 2.45) is 0 Å². The molecule has 15 aromatic rings. The molecule has 0 spiro atoms. The van der Waals surface area contributed by atoms with Gasteiger partial charge in [-0.2, -0.15) is 0 Å². The first-order valence-electron chi connectivity index (χ1n) is 36.5. The molecule has 0 atom stereocenters. The van der Waals surface area contributed by atoms with Crippen molar-refractivity contribution in [2.45, 2.75) is 65.2 Å². The van der Waals surface area contributed by atoms with Gasteiger partial charge in [0.1, 0.15) is 0 Å². The van der Waals surface area contributed by atoms with Crippen LogP contribution in [0.4, 0.5) is 0 Å². The zero-order chi connectivity index (χ0) is 73.0. The molecule has 516 valence electrons. The molecule has 12 aromatic carbocycles. The molecule has 0 bridgehead atoms. The Morgan fingerprint density at radius 3 is 0.726 bits per heavy atom. The minimum Gasteiger partial charge on any atom is -0.228 e. The van der Waals surface area contributed by atoms with Gasteiger partial charge in [0.25, 0.3) is 0 Å². The molecular formula is C100H86N6. The Hall–Kier alpha value is -12.9. The summed E-state index contributed by atoms with van der Waals surface area (Å²) in [5.41, 5.74) is 28.2. The van der Waals surface area contributed by atoms with Crippen LogP contribution < -0.4 is 0 Å². The molecule has 0 aliphatic rings. The molecule has 3 heterocycles. The summed E-state index contributed by atoms with van der Waals surface area (Å²) in [6.07, 6.45) is 11.8. The van der Waals surface area contributed by atoms with Crippen LogP contribution in [-0.2, 0) is 11.8 Å². The van der Waals surface area contributed by atoms with Crippen molar-refractivity contribution in [3.8, 4) is 135 Å². The maximum atomic E-state index is 4.98. The Morgan fingerprint density at radius 2 is 0.472 bits per heavy atom. The standard InChI is InChI=1S/C36H34N2.C34H30N2.C30H22N2/c1-3-5-6-8-11-28-16-20-31(21-17-28)34-26-35(38-36(37-34)33-12-9-7-10-13-33)32-24-22-30(23-25-32)29-18-14-27(4-2)15-19-29;1-5-24-11-13-25(14-12-24)26-15-17-27(18-16-26)31-23-32(28-19-21-30(22-20-28)34(2,3)4)36-33(35-31)29-9-7-6-8-10-29;1-2-22-13-15-23(16-14-22)24-17-19-26(20-18-24)29-21-28(25-9-5-3-6-10-25)31-30(32-29)27-11-7-4-8-12-27/h4,7,9-10,12-26H,2-3,5-6,8,11H2,1H3;5-23H,1H2,2-4H3;2-21H,1H2. The number of aromatic nitrogens is 6. The van der Waals surface area contributed by atoms with Gasteiger partial charge in [0, 0.05) is 50.1 Å². The van der Waals surface area contributed by atoms with Gasteiger partial charge in [-0.15, -0.1) is 0 Å². The third kappa shape index (κ3) is 18.3. The molecular weight excluding hydrogens is 1290 g/mol. The summed E-state index contributed by atoms with van der Waals surface area (Å²) in [6.45, 7) is 20.5. The molecule has 0 saturated heterocycles. The molecule has 106 heavy (non-hydrogen) atoms. The van der Waals surface area contributed by atoms with E-state index in [2.05, 4.69) is 296 Å². The number of hydrogen-bond donors (Lipinski definition) is 0. The maximum Gasteiger partial charge on any atom is 0.160 e. The second-order valence-corrected chi connectivity index (χ2v) is 27.4. The highest BCUT2D eigenvalue weighted by Crippen LogP contribution is 2.35. The lowest BCUT2D eigenvalue weighted by Gasteiger charge is -2.19. The Bertz CT molecular complexity index is 5310. The smallest absolute Gasteiger partial charge is 0.160 e. The molecule has 0 N–H and O–H groups in total. The van der Waals surface area contributed by atoms with Crippen LogP contribution in [0.15, 0.2) is 353 Å². The molecule has 6 nitrogen and oxygen atoms in total. The normalized spacial score (nSPS) is 10.9. The number of nitrogens with zero attached hydrogens (tertiary/aromatic N) is 6. The van der Waals surface area contributed by atoms with E-state index < -0.39 is 0 Å². The van der Waals surface area contributed by atoms with E-state index in [0.717, 1.165) is 125 Å². The number of unbranched alkanes of at least 4 members (excludes halogenated alkanes) is 3. The van der Waals surface area contributed by atoms with Crippen LogP contribution >= 0.6 is 0 Å². The molecule has 0 amide bonds. The fraction of sp³-hybridized carbons (Fsp3) is 0.100. The molecule has 6 heteroatoms. The van der Waals surface area contributed by atoms with E-state index in [1.807, 2.05) is 103 Å². The number of aryl methyl sites for hydroxylation is 1. The first-order valence-corrected chi connectivity index (χ1v) is 36.5. The van der Waals surface area contributed by atoms with Gasteiger partial charge >= 0.3 is 0 Å². The van der Waals surface area contributed by atoms with Crippen molar-refractivity contribution in [3.05, 3.63) is 381 Å². The highest BCUT2D eigenvalue weighted by atomic mass is 14.9. The van der Waals surface area contributed by atoms with Crippen LogP contribution in [0.3, 0.4) is 0 Å². The van der Waals surface area contributed by atoms with E-state index in [9.17, 15) is 0 Å². The van der Waals surface area contributed by atoms with Gasteiger partial charge in [-0.3, -0.25) is 0 Å². The second-order valence-electron chi connectivity index (χ2n) is 27.4. The van der Waals surface area contributed by atoms with Gasteiger partial charge in [0.05, 0.1) is 34.2 Å². The van der Waals surface area contributed by atoms with E-state index in [-0.39, 0.29) is 5.41 Å². The first kappa shape index (κ1) is 71.5. The van der Waals surface area contributed by atoms with Crippen molar-refractivity contribution in [3.63, 3.8) is 0 Å². The van der Waals surface area contributed by atoms with Crippen molar-refractivity contribution < 1.29 is 0 Å². The van der Waals surface area contributed by atoms with Crippen LogP contribution in [0.25, 0.3) is 153 Å². The van der Waals surface area contributed by atoms with Gasteiger partial charge in [-0.05, 0) is 97.7 Å². The highest BCUT2D eigenvalue weighted by Gasteiger charge is 2.18. The van der Waals surface area contributed by atoms with Crippen molar-refractivity contribution in [2.75, 3.05) is 0 Å². The van der Waals surface area contributed by atoms with Gasteiger partial charge in [-0.25, -0.2) is 29.9 Å². The third-order valence-electron chi connectivity index (χ3n) is 18.9.